The third kappa shape index (κ3) is 3.39. The van der Waals surface area contributed by atoms with E-state index in [2.05, 4.69) is 119 Å². The molecule has 2 aliphatic rings. The highest BCUT2D eigenvalue weighted by Gasteiger charge is 2.52. The van der Waals surface area contributed by atoms with Gasteiger partial charge in [-0.2, -0.15) is 0 Å². The quantitative estimate of drug-likeness (QED) is 0.187. The van der Waals surface area contributed by atoms with Gasteiger partial charge in [0.05, 0.1) is 22.4 Å². The predicted octanol–water partition coefficient (Wildman–Crippen LogP) is 8.30. The predicted molar refractivity (Wildman–Crippen MR) is 155 cm³/mol. The van der Waals surface area contributed by atoms with Gasteiger partial charge in [-0.3, -0.25) is 4.98 Å². The van der Waals surface area contributed by atoms with Crippen molar-refractivity contribution in [1.82, 2.24) is 4.98 Å². The molecule has 7 rings (SSSR count). The molecule has 182 valence electrons. The lowest BCUT2D eigenvalue weighted by atomic mass is 9.70. The van der Waals surface area contributed by atoms with Crippen LogP contribution in [-0.2, 0) is 9.31 Å². The van der Waals surface area contributed by atoms with Crippen molar-refractivity contribution >= 4 is 50.3 Å². The molecule has 1 atom stereocenters. The van der Waals surface area contributed by atoms with E-state index >= 15 is 0 Å². The third-order valence-corrected chi connectivity index (χ3v) is 8.62. The van der Waals surface area contributed by atoms with E-state index < -0.39 is 0 Å². The number of pyridine rings is 1. The van der Waals surface area contributed by atoms with Crippen molar-refractivity contribution in [2.75, 3.05) is 0 Å². The summed E-state index contributed by atoms with van der Waals surface area (Å²) in [5.74, 6) is 0.121. The second kappa shape index (κ2) is 8.02. The van der Waals surface area contributed by atoms with Crippen LogP contribution in [0.4, 0.5) is 0 Å². The van der Waals surface area contributed by atoms with E-state index in [0.717, 1.165) is 17.6 Å². The van der Waals surface area contributed by atoms with E-state index in [1.54, 1.807) is 0 Å². The Morgan fingerprint density at radius 3 is 1.89 bits per heavy atom. The monoisotopic (exact) mass is 483 g/mol. The van der Waals surface area contributed by atoms with Crippen molar-refractivity contribution in [2.24, 2.45) is 0 Å². The zero-order chi connectivity index (χ0) is 25.4. The summed E-state index contributed by atoms with van der Waals surface area (Å²) in [6, 6.07) is 26.1. The molecule has 0 radical (unpaired) electrons. The van der Waals surface area contributed by atoms with Gasteiger partial charge in [0.25, 0.3) is 0 Å². The first-order valence-electron chi connectivity index (χ1n) is 13.2. The standard InChI is InChI=1S/C33H30BNO2/c1-32(2)33(3,4)37-34(36-32)22-13-11-12-21(20-22)31-30-26-17-8-6-15-24(26)23-14-5-7-16-25(23)29(30)27-18-9-10-19-28(27)35-31/h5-19,21H,20H2,1-4H3. The molecule has 5 aromatic rings. The van der Waals surface area contributed by atoms with E-state index in [1.165, 1.54) is 43.2 Å². The zero-order valence-corrected chi connectivity index (χ0v) is 21.8. The maximum absolute atomic E-state index is 6.43. The number of allylic oxidation sites excluding steroid dienone is 4. The molecule has 0 N–H and O–H groups in total. The molecule has 1 fully saturated rings. The maximum atomic E-state index is 6.43. The Morgan fingerprint density at radius 1 is 0.703 bits per heavy atom. The van der Waals surface area contributed by atoms with Crippen LogP contribution in [0.3, 0.4) is 0 Å². The van der Waals surface area contributed by atoms with Gasteiger partial charge in [0, 0.05) is 22.1 Å². The molecule has 3 nitrogen and oxygen atoms in total. The summed E-state index contributed by atoms with van der Waals surface area (Å²) >= 11 is 0. The van der Waals surface area contributed by atoms with E-state index in [0.29, 0.717) is 0 Å². The highest BCUT2D eigenvalue weighted by atomic mass is 16.7. The van der Waals surface area contributed by atoms with Crippen molar-refractivity contribution in [3.8, 4) is 0 Å². The average molecular weight is 483 g/mol. The highest BCUT2D eigenvalue weighted by molar-refractivity contribution is 6.54. The highest BCUT2D eigenvalue weighted by Crippen LogP contribution is 2.45. The van der Waals surface area contributed by atoms with Gasteiger partial charge in [0.1, 0.15) is 0 Å². The SMILES string of the molecule is CC1(C)OB(C2=CC=CC(c3nc4ccccc4c4c5ccccc5c5ccccc5c34)C2)OC1(C)C. The lowest BCUT2D eigenvalue weighted by molar-refractivity contribution is 0.00578. The third-order valence-electron chi connectivity index (χ3n) is 8.62. The molecule has 1 aliphatic heterocycles. The van der Waals surface area contributed by atoms with Crippen molar-refractivity contribution in [3.05, 3.63) is 102 Å². The van der Waals surface area contributed by atoms with Gasteiger partial charge in [-0.15, -0.1) is 0 Å². The molecule has 0 bridgehead atoms. The normalized spacial score (nSPS) is 20.8. The fraction of sp³-hybridized carbons (Fsp3) is 0.242. The molecule has 37 heavy (non-hydrogen) atoms. The molecule has 4 aromatic carbocycles. The van der Waals surface area contributed by atoms with E-state index in [4.69, 9.17) is 14.3 Å². The summed E-state index contributed by atoms with van der Waals surface area (Å²) in [6.07, 6.45) is 7.42. The van der Waals surface area contributed by atoms with Gasteiger partial charge >= 0.3 is 7.12 Å². The summed E-state index contributed by atoms with van der Waals surface area (Å²) in [4.78, 5) is 5.34. The molecule has 2 heterocycles. The van der Waals surface area contributed by atoms with Crippen LogP contribution in [0.25, 0.3) is 43.2 Å². The molecule has 1 aromatic heterocycles. The fourth-order valence-corrected chi connectivity index (χ4v) is 5.98. The Balaban J connectivity index is 1.47. The Hall–Kier alpha value is -3.47. The zero-order valence-electron chi connectivity index (χ0n) is 21.8. The summed E-state index contributed by atoms with van der Waals surface area (Å²) in [7, 11) is -0.346. The molecule has 0 spiro atoms. The molecule has 1 aliphatic carbocycles. The van der Waals surface area contributed by atoms with E-state index in [1.807, 2.05) is 0 Å². The molecular formula is C33H30BNO2. The molecular weight excluding hydrogens is 453 g/mol. The number of rotatable bonds is 2. The van der Waals surface area contributed by atoms with Crippen molar-refractivity contribution in [1.29, 1.82) is 0 Å². The largest absolute Gasteiger partial charge is 0.490 e. The van der Waals surface area contributed by atoms with Crippen LogP contribution in [-0.4, -0.2) is 23.3 Å². The Bertz CT molecular complexity index is 1770. The minimum Gasteiger partial charge on any atom is -0.400 e. The number of nitrogens with zero attached hydrogens (tertiary/aromatic N) is 1. The lowest BCUT2D eigenvalue weighted by Crippen LogP contribution is -2.41. The van der Waals surface area contributed by atoms with Crippen LogP contribution < -0.4 is 0 Å². The second-order valence-electron chi connectivity index (χ2n) is 11.4. The van der Waals surface area contributed by atoms with Crippen LogP contribution in [0, 0.1) is 0 Å². The van der Waals surface area contributed by atoms with Gasteiger partial charge in [-0.25, -0.2) is 0 Å². The Kier molecular flexibility index (Phi) is 4.92. The average Bonchev–Trinajstić information content (AvgIpc) is 3.14. The maximum Gasteiger partial charge on any atom is 0.490 e. The first kappa shape index (κ1) is 22.7. The minimum atomic E-state index is -0.363. The summed E-state index contributed by atoms with van der Waals surface area (Å²) in [6.45, 7) is 8.44. The number of benzene rings is 4. The Labute approximate surface area is 217 Å². The van der Waals surface area contributed by atoms with Gasteiger partial charge in [0.15, 0.2) is 0 Å². The minimum absolute atomic E-state index is 0.121. The summed E-state index contributed by atoms with van der Waals surface area (Å²) in [5, 5.41) is 8.81. The van der Waals surface area contributed by atoms with Crippen LogP contribution >= 0.6 is 0 Å². The van der Waals surface area contributed by atoms with Crippen LogP contribution in [0.15, 0.2) is 96.5 Å². The van der Waals surface area contributed by atoms with Crippen LogP contribution in [0.2, 0.25) is 0 Å². The number of para-hydroxylation sites is 1. The van der Waals surface area contributed by atoms with Gasteiger partial charge in [0.2, 0.25) is 0 Å². The van der Waals surface area contributed by atoms with Gasteiger partial charge in [-0.05, 0) is 67.2 Å². The first-order chi connectivity index (χ1) is 17.8. The number of hydrogen-bond donors (Lipinski definition) is 0. The van der Waals surface area contributed by atoms with Gasteiger partial charge in [-0.1, -0.05) is 85.0 Å². The van der Waals surface area contributed by atoms with Gasteiger partial charge < -0.3 is 9.31 Å². The number of fused-ring (bicyclic) bond motifs is 8. The second-order valence-corrected chi connectivity index (χ2v) is 11.4. The van der Waals surface area contributed by atoms with Crippen molar-refractivity contribution in [2.45, 2.75) is 51.2 Å². The lowest BCUT2D eigenvalue weighted by Gasteiger charge is -2.32. The summed E-state index contributed by atoms with van der Waals surface area (Å²) < 4.78 is 12.9. The smallest absolute Gasteiger partial charge is 0.400 e. The molecule has 4 heteroatoms. The van der Waals surface area contributed by atoms with Crippen LogP contribution in [0.5, 0.6) is 0 Å². The molecule has 0 amide bonds. The van der Waals surface area contributed by atoms with E-state index in [9.17, 15) is 0 Å². The molecule has 0 saturated carbocycles. The van der Waals surface area contributed by atoms with E-state index in [-0.39, 0.29) is 24.2 Å². The molecule has 1 unspecified atom stereocenters. The number of aromatic nitrogens is 1. The topological polar surface area (TPSA) is 31.4 Å². The first-order valence-corrected chi connectivity index (χ1v) is 13.2. The fourth-order valence-electron chi connectivity index (χ4n) is 5.98. The van der Waals surface area contributed by atoms with Crippen molar-refractivity contribution in [3.63, 3.8) is 0 Å². The van der Waals surface area contributed by atoms with Crippen molar-refractivity contribution < 1.29 is 9.31 Å². The Morgan fingerprint density at radius 2 is 1.24 bits per heavy atom. The number of hydrogen-bond acceptors (Lipinski definition) is 3. The molecule has 1 saturated heterocycles. The van der Waals surface area contributed by atoms with Crippen LogP contribution in [0.1, 0.15) is 45.7 Å². The summed E-state index contributed by atoms with van der Waals surface area (Å²) in [5.41, 5.74) is 2.59.